The minimum Gasteiger partial charge on any atom is -0.296 e. The largest absolute Gasteiger partial charge is 0.296 e. The third-order valence-corrected chi connectivity index (χ3v) is 4.86. The van der Waals surface area contributed by atoms with Gasteiger partial charge in [0.15, 0.2) is 0 Å². The Morgan fingerprint density at radius 1 is 0.882 bits per heavy atom. The van der Waals surface area contributed by atoms with Crippen molar-refractivity contribution < 1.29 is 0 Å². The van der Waals surface area contributed by atoms with E-state index < -0.39 is 0 Å². The van der Waals surface area contributed by atoms with Crippen LogP contribution < -0.4 is 10.6 Å². The van der Waals surface area contributed by atoms with Crippen molar-refractivity contribution >= 4 is 11.3 Å². The van der Waals surface area contributed by atoms with Crippen molar-refractivity contribution in [3.8, 4) is 0 Å². The molecule has 1 aromatic heterocycles. The second-order valence-corrected chi connectivity index (χ2v) is 6.05. The molecule has 0 amide bonds. The molecule has 0 aromatic carbocycles. The summed E-state index contributed by atoms with van der Waals surface area (Å²) in [5.41, 5.74) is 0. The van der Waals surface area contributed by atoms with Crippen molar-refractivity contribution in [3.63, 3.8) is 0 Å². The van der Waals surface area contributed by atoms with Gasteiger partial charge in [0.25, 0.3) is 0 Å². The van der Waals surface area contributed by atoms with Crippen LogP contribution in [0.2, 0.25) is 0 Å². The van der Waals surface area contributed by atoms with Gasteiger partial charge in [-0.2, -0.15) is 0 Å². The molecule has 0 bridgehead atoms. The van der Waals surface area contributed by atoms with Crippen LogP contribution in [0.4, 0.5) is 0 Å². The van der Waals surface area contributed by atoms with E-state index in [0.717, 1.165) is 18.1 Å². The van der Waals surface area contributed by atoms with Crippen LogP contribution in [0.1, 0.15) is 60.6 Å². The molecule has 0 atom stereocenters. The third-order valence-electron chi connectivity index (χ3n) is 3.71. The molecule has 5 heteroatoms. The maximum Gasteiger partial charge on any atom is 0.149 e. The Morgan fingerprint density at radius 2 is 1.59 bits per heavy atom. The SMILES string of the molecule is C1CCC(c2nnc(C3NCCCN3)s2)CC1. The summed E-state index contributed by atoms with van der Waals surface area (Å²) in [6, 6.07) is 0. The van der Waals surface area contributed by atoms with E-state index in [1.54, 1.807) is 11.3 Å². The topological polar surface area (TPSA) is 49.8 Å². The Kier molecular flexibility index (Phi) is 3.68. The first-order chi connectivity index (χ1) is 8.43. The molecule has 2 heterocycles. The molecule has 4 nitrogen and oxygen atoms in total. The van der Waals surface area contributed by atoms with E-state index in [9.17, 15) is 0 Å². The third kappa shape index (κ3) is 2.67. The molecule has 1 saturated carbocycles. The van der Waals surface area contributed by atoms with Gasteiger partial charge in [-0.1, -0.05) is 30.6 Å². The van der Waals surface area contributed by atoms with Gasteiger partial charge in [-0.3, -0.25) is 10.6 Å². The molecule has 0 radical (unpaired) electrons. The number of hydrogen-bond donors (Lipinski definition) is 2. The first-order valence-electron chi connectivity index (χ1n) is 6.73. The molecule has 17 heavy (non-hydrogen) atoms. The summed E-state index contributed by atoms with van der Waals surface area (Å²) in [5, 5.41) is 18.0. The molecule has 2 aliphatic rings. The smallest absolute Gasteiger partial charge is 0.149 e. The van der Waals surface area contributed by atoms with Crippen LogP contribution in [0.15, 0.2) is 0 Å². The maximum atomic E-state index is 4.40. The molecule has 1 aliphatic carbocycles. The van der Waals surface area contributed by atoms with Crippen molar-refractivity contribution in [1.82, 2.24) is 20.8 Å². The average molecular weight is 252 g/mol. The first kappa shape index (κ1) is 11.6. The minimum atomic E-state index is 0.235. The Morgan fingerprint density at radius 3 is 2.35 bits per heavy atom. The normalized spacial score (nSPS) is 24.0. The monoisotopic (exact) mass is 252 g/mol. The van der Waals surface area contributed by atoms with E-state index in [2.05, 4.69) is 20.8 Å². The number of nitrogens with zero attached hydrogens (tertiary/aromatic N) is 2. The average Bonchev–Trinajstić information content (AvgIpc) is 2.90. The lowest BCUT2D eigenvalue weighted by Gasteiger charge is -2.22. The molecular formula is C12H20N4S. The molecule has 2 N–H and O–H groups in total. The van der Waals surface area contributed by atoms with E-state index in [-0.39, 0.29) is 6.17 Å². The Hall–Kier alpha value is -0.520. The number of hydrogen-bond acceptors (Lipinski definition) is 5. The molecule has 2 fully saturated rings. The molecule has 0 unspecified atom stereocenters. The predicted octanol–water partition coefficient (Wildman–Crippen LogP) is 2.17. The molecule has 1 saturated heterocycles. The zero-order valence-corrected chi connectivity index (χ0v) is 10.9. The number of rotatable bonds is 2. The lowest BCUT2D eigenvalue weighted by Crippen LogP contribution is -2.41. The highest BCUT2D eigenvalue weighted by molar-refractivity contribution is 7.11. The van der Waals surface area contributed by atoms with Crippen LogP contribution in [-0.2, 0) is 0 Å². The van der Waals surface area contributed by atoms with Crippen LogP contribution >= 0.6 is 11.3 Å². The van der Waals surface area contributed by atoms with Gasteiger partial charge in [-0.25, -0.2) is 0 Å². The van der Waals surface area contributed by atoms with Crippen LogP contribution in [0.3, 0.4) is 0 Å². The van der Waals surface area contributed by atoms with Gasteiger partial charge in [0.1, 0.15) is 16.2 Å². The van der Waals surface area contributed by atoms with Crippen molar-refractivity contribution in [2.24, 2.45) is 0 Å². The summed E-state index contributed by atoms with van der Waals surface area (Å²) in [6.45, 7) is 2.16. The molecular weight excluding hydrogens is 232 g/mol. The van der Waals surface area contributed by atoms with E-state index in [1.165, 1.54) is 43.5 Å². The first-order valence-corrected chi connectivity index (χ1v) is 7.55. The Bertz CT molecular complexity index is 321. The second kappa shape index (κ2) is 5.42. The van der Waals surface area contributed by atoms with Crippen LogP contribution in [0, 0.1) is 0 Å². The van der Waals surface area contributed by atoms with Gasteiger partial charge in [0, 0.05) is 5.92 Å². The van der Waals surface area contributed by atoms with Gasteiger partial charge < -0.3 is 0 Å². The van der Waals surface area contributed by atoms with Crippen molar-refractivity contribution in [1.29, 1.82) is 0 Å². The standard InChI is InChI=1S/C12H20N4S/c1-2-5-9(6-3-1)11-15-16-12(17-11)10-13-7-4-8-14-10/h9-10,13-14H,1-8H2. The molecule has 94 valence electrons. The zero-order chi connectivity index (χ0) is 11.5. The highest BCUT2D eigenvalue weighted by Gasteiger charge is 2.23. The fourth-order valence-corrected chi connectivity index (χ4v) is 3.77. The summed E-state index contributed by atoms with van der Waals surface area (Å²) in [4.78, 5) is 0. The van der Waals surface area contributed by atoms with Crippen molar-refractivity contribution in [2.75, 3.05) is 13.1 Å². The van der Waals surface area contributed by atoms with Gasteiger partial charge >= 0.3 is 0 Å². The highest BCUT2D eigenvalue weighted by Crippen LogP contribution is 2.34. The fourth-order valence-electron chi connectivity index (χ4n) is 2.71. The molecule has 1 aliphatic heterocycles. The summed E-state index contributed by atoms with van der Waals surface area (Å²) < 4.78 is 0. The lowest BCUT2D eigenvalue weighted by molar-refractivity contribution is 0.377. The summed E-state index contributed by atoms with van der Waals surface area (Å²) >= 11 is 1.80. The lowest BCUT2D eigenvalue weighted by atomic mass is 9.90. The van der Waals surface area contributed by atoms with Crippen LogP contribution in [-0.4, -0.2) is 23.3 Å². The van der Waals surface area contributed by atoms with Crippen LogP contribution in [0.25, 0.3) is 0 Å². The maximum absolute atomic E-state index is 4.40. The zero-order valence-electron chi connectivity index (χ0n) is 10.1. The molecule has 1 aromatic rings. The molecule has 0 spiro atoms. The Balaban J connectivity index is 1.68. The van der Waals surface area contributed by atoms with E-state index >= 15 is 0 Å². The van der Waals surface area contributed by atoms with Gasteiger partial charge in [0.2, 0.25) is 0 Å². The van der Waals surface area contributed by atoms with Gasteiger partial charge in [-0.05, 0) is 32.4 Å². The highest BCUT2D eigenvalue weighted by atomic mass is 32.1. The predicted molar refractivity (Wildman–Crippen MR) is 69.1 cm³/mol. The summed E-state index contributed by atoms with van der Waals surface area (Å²) in [5.74, 6) is 0.679. The van der Waals surface area contributed by atoms with E-state index in [0.29, 0.717) is 5.92 Å². The van der Waals surface area contributed by atoms with E-state index in [1.807, 2.05) is 0 Å². The minimum absolute atomic E-state index is 0.235. The number of nitrogens with one attached hydrogen (secondary N) is 2. The number of aromatic nitrogens is 2. The molecule has 3 rings (SSSR count). The Labute approximate surface area is 106 Å². The van der Waals surface area contributed by atoms with Gasteiger partial charge in [0.05, 0.1) is 0 Å². The van der Waals surface area contributed by atoms with Crippen LogP contribution in [0.5, 0.6) is 0 Å². The second-order valence-electron chi connectivity index (χ2n) is 5.01. The van der Waals surface area contributed by atoms with Gasteiger partial charge in [-0.15, -0.1) is 10.2 Å². The quantitative estimate of drug-likeness (QED) is 0.847. The summed E-state index contributed by atoms with van der Waals surface area (Å²) in [7, 11) is 0. The summed E-state index contributed by atoms with van der Waals surface area (Å²) in [6.07, 6.45) is 8.16. The fraction of sp³-hybridized carbons (Fsp3) is 0.833. The van der Waals surface area contributed by atoms with E-state index in [4.69, 9.17) is 0 Å². The van der Waals surface area contributed by atoms with Crippen molar-refractivity contribution in [3.05, 3.63) is 10.0 Å². The van der Waals surface area contributed by atoms with Crippen molar-refractivity contribution in [2.45, 2.75) is 50.6 Å².